The van der Waals surface area contributed by atoms with Gasteiger partial charge >= 0.3 is 0 Å². The summed E-state index contributed by atoms with van der Waals surface area (Å²) < 4.78 is 1.91. The molecule has 0 aliphatic carbocycles. The van der Waals surface area contributed by atoms with Gasteiger partial charge in [-0.3, -0.25) is 9.59 Å². The summed E-state index contributed by atoms with van der Waals surface area (Å²) in [5, 5.41) is 14.8. The Balaban J connectivity index is 1.50. The van der Waals surface area contributed by atoms with Crippen LogP contribution in [-0.2, 0) is 35.5 Å². The Kier molecular flexibility index (Phi) is 8.23. The van der Waals surface area contributed by atoms with Gasteiger partial charge in [0.25, 0.3) is 0 Å². The molecule has 1 heterocycles. The maximum Gasteiger partial charge on any atom is 0.234 e. The molecule has 8 heteroatoms. The number of rotatable bonds is 10. The molecule has 0 atom stereocenters. The molecule has 1 aromatic heterocycles. The normalized spacial score (nSPS) is 10.6. The Morgan fingerprint density at radius 3 is 2.35 bits per heavy atom. The van der Waals surface area contributed by atoms with Crippen molar-refractivity contribution in [1.82, 2.24) is 20.1 Å². The van der Waals surface area contributed by atoms with Crippen molar-refractivity contribution in [3.63, 3.8) is 0 Å². The third kappa shape index (κ3) is 6.68. The second kappa shape index (κ2) is 11.3. The first-order valence-electron chi connectivity index (χ1n) is 10.3. The van der Waals surface area contributed by atoms with Crippen molar-refractivity contribution in [2.75, 3.05) is 11.1 Å². The molecular weight excluding hydrogens is 410 g/mol. The number of aryl methyl sites for hydroxylation is 1. The summed E-state index contributed by atoms with van der Waals surface area (Å²) in [4.78, 5) is 24.5. The average molecular weight is 438 g/mol. The summed E-state index contributed by atoms with van der Waals surface area (Å²) in [6, 6.07) is 17.4. The summed E-state index contributed by atoms with van der Waals surface area (Å²) in [5.74, 6) is 0.729. The molecule has 0 spiro atoms. The third-order valence-electron chi connectivity index (χ3n) is 4.74. The molecule has 7 nitrogen and oxygen atoms in total. The van der Waals surface area contributed by atoms with Crippen molar-refractivity contribution in [3.8, 4) is 0 Å². The predicted octanol–water partition coefficient (Wildman–Crippen LogP) is 3.45. The second-order valence-corrected chi connectivity index (χ2v) is 7.91. The van der Waals surface area contributed by atoms with Crippen LogP contribution in [0.1, 0.15) is 30.8 Å². The molecule has 2 N–H and O–H groups in total. The van der Waals surface area contributed by atoms with Crippen molar-refractivity contribution in [2.24, 2.45) is 0 Å². The minimum Gasteiger partial charge on any atom is -0.349 e. The van der Waals surface area contributed by atoms with Crippen LogP contribution >= 0.6 is 11.8 Å². The lowest BCUT2D eigenvalue weighted by atomic mass is 10.1. The Labute approximate surface area is 186 Å². The largest absolute Gasteiger partial charge is 0.349 e. The van der Waals surface area contributed by atoms with Crippen LogP contribution in [0.4, 0.5) is 5.69 Å². The number of thioether (sulfide) groups is 1. The molecular formula is C23H27N5O2S. The minimum atomic E-state index is -0.0994. The van der Waals surface area contributed by atoms with Gasteiger partial charge in [-0.15, -0.1) is 10.2 Å². The van der Waals surface area contributed by atoms with Crippen molar-refractivity contribution in [3.05, 3.63) is 71.5 Å². The molecule has 2 aromatic carbocycles. The number of nitrogens with zero attached hydrogens (tertiary/aromatic N) is 3. The summed E-state index contributed by atoms with van der Waals surface area (Å²) in [7, 11) is 0. The van der Waals surface area contributed by atoms with Crippen molar-refractivity contribution in [1.29, 1.82) is 0 Å². The van der Waals surface area contributed by atoms with Crippen LogP contribution in [0.2, 0.25) is 0 Å². The zero-order valence-corrected chi connectivity index (χ0v) is 18.6. The predicted molar refractivity (Wildman–Crippen MR) is 123 cm³/mol. The fourth-order valence-corrected chi connectivity index (χ4v) is 3.87. The van der Waals surface area contributed by atoms with Crippen LogP contribution in [0, 0.1) is 0 Å². The Morgan fingerprint density at radius 2 is 1.68 bits per heavy atom. The lowest BCUT2D eigenvalue weighted by molar-refractivity contribution is -0.120. The van der Waals surface area contributed by atoms with Gasteiger partial charge in [0.2, 0.25) is 11.8 Å². The van der Waals surface area contributed by atoms with Crippen LogP contribution in [0.5, 0.6) is 0 Å². The molecule has 3 rings (SSSR count). The highest BCUT2D eigenvalue weighted by Crippen LogP contribution is 2.18. The fraction of sp³-hybridized carbons (Fsp3) is 0.304. The fourth-order valence-electron chi connectivity index (χ4n) is 3.05. The van der Waals surface area contributed by atoms with E-state index in [2.05, 4.69) is 27.8 Å². The van der Waals surface area contributed by atoms with Gasteiger partial charge in [0.1, 0.15) is 0 Å². The summed E-state index contributed by atoms with van der Waals surface area (Å²) >= 11 is 1.33. The van der Waals surface area contributed by atoms with Gasteiger partial charge in [-0.1, -0.05) is 61.2 Å². The average Bonchev–Trinajstić information content (AvgIpc) is 3.19. The second-order valence-electron chi connectivity index (χ2n) is 6.97. The van der Waals surface area contributed by atoms with E-state index in [1.807, 2.05) is 66.1 Å². The molecule has 0 saturated carbocycles. The highest BCUT2D eigenvalue weighted by Gasteiger charge is 2.14. The zero-order chi connectivity index (χ0) is 22.1. The van der Waals surface area contributed by atoms with Crippen molar-refractivity contribution < 1.29 is 9.59 Å². The maximum absolute atomic E-state index is 12.3. The van der Waals surface area contributed by atoms with Crippen LogP contribution in [0.3, 0.4) is 0 Å². The number of carbonyl (C=O) groups is 2. The minimum absolute atomic E-state index is 0.0699. The van der Waals surface area contributed by atoms with E-state index in [0.29, 0.717) is 30.5 Å². The van der Waals surface area contributed by atoms with Crippen LogP contribution in [0.15, 0.2) is 59.8 Å². The third-order valence-corrected chi connectivity index (χ3v) is 5.71. The molecule has 0 aliphatic heterocycles. The Morgan fingerprint density at radius 1 is 0.935 bits per heavy atom. The highest BCUT2D eigenvalue weighted by atomic mass is 32.2. The van der Waals surface area contributed by atoms with Gasteiger partial charge in [0.05, 0.1) is 18.7 Å². The van der Waals surface area contributed by atoms with E-state index in [1.54, 1.807) is 0 Å². The van der Waals surface area contributed by atoms with Crippen LogP contribution in [0.25, 0.3) is 0 Å². The number of anilines is 1. The van der Waals surface area contributed by atoms with Crippen LogP contribution < -0.4 is 10.6 Å². The molecule has 0 saturated heterocycles. The molecule has 31 heavy (non-hydrogen) atoms. The summed E-state index contributed by atoms with van der Waals surface area (Å²) in [5.41, 5.74) is 2.97. The van der Waals surface area contributed by atoms with Gasteiger partial charge in [-0.2, -0.15) is 0 Å². The number of nitrogens with one attached hydrogen (secondary N) is 2. The standard InChI is InChI=1S/C23H27N5O2S/c1-3-17-10-12-19(13-11-17)25-22(30)16-31-23-27-26-20(28(23)4-2)15-24-21(29)14-18-8-6-5-7-9-18/h5-13H,3-4,14-16H2,1-2H3,(H,24,29)(H,25,30). The van der Waals surface area contributed by atoms with E-state index in [0.717, 1.165) is 17.7 Å². The molecule has 0 aliphatic rings. The van der Waals surface area contributed by atoms with E-state index in [-0.39, 0.29) is 17.6 Å². The molecule has 0 bridgehead atoms. The maximum atomic E-state index is 12.3. The number of amides is 2. The number of hydrogen-bond donors (Lipinski definition) is 2. The number of hydrogen-bond acceptors (Lipinski definition) is 5. The van der Waals surface area contributed by atoms with Crippen molar-refractivity contribution >= 4 is 29.3 Å². The van der Waals surface area contributed by atoms with Gasteiger partial charge in [0, 0.05) is 12.2 Å². The van der Waals surface area contributed by atoms with Gasteiger partial charge in [0.15, 0.2) is 11.0 Å². The van der Waals surface area contributed by atoms with Gasteiger partial charge < -0.3 is 15.2 Å². The van der Waals surface area contributed by atoms with E-state index in [4.69, 9.17) is 0 Å². The van der Waals surface area contributed by atoms with E-state index in [1.165, 1.54) is 17.3 Å². The molecule has 3 aromatic rings. The molecule has 0 radical (unpaired) electrons. The summed E-state index contributed by atoms with van der Waals surface area (Å²) in [6.45, 7) is 5.03. The van der Waals surface area contributed by atoms with Gasteiger partial charge in [-0.05, 0) is 36.6 Å². The molecule has 0 fully saturated rings. The summed E-state index contributed by atoms with van der Waals surface area (Å²) in [6.07, 6.45) is 1.29. The highest BCUT2D eigenvalue weighted by molar-refractivity contribution is 7.99. The van der Waals surface area contributed by atoms with E-state index >= 15 is 0 Å². The zero-order valence-electron chi connectivity index (χ0n) is 17.8. The smallest absolute Gasteiger partial charge is 0.234 e. The Hall–Kier alpha value is -3.13. The topological polar surface area (TPSA) is 88.9 Å². The number of benzene rings is 2. The molecule has 2 amide bonds. The van der Waals surface area contributed by atoms with Gasteiger partial charge in [-0.25, -0.2) is 0 Å². The first-order chi connectivity index (χ1) is 15.1. The monoisotopic (exact) mass is 437 g/mol. The lowest BCUT2D eigenvalue weighted by Crippen LogP contribution is -2.26. The van der Waals surface area contributed by atoms with Crippen molar-refractivity contribution in [2.45, 2.75) is 44.9 Å². The number of carbonyl (C=O) groups excluding carboxylic acids is 2. The lowest BCUT2D eigenvalue weighted by Gasteiger charge is -2.09. The number of aromatic nitrogens is 3. The van der Waals surface area contributed by atoms with E-state index in [9.17, 15) is 9.59 Å². The first kappa shape index (κ1) is 22.6. The first-order valence-corrected chi connectivity index (χ1v) is 11.3. The molecule has 0 unspecified atom stereocenters. The Bertz CT molecular complexity index is 1000. The molecule has 162 valence electrons. The van der Waals surface area contributed by atoms with E-state index < -0.39 is 0 Å². The quantitative estimate of drug-likeness (QED) is 0.474. The SMILES string of the molecule is CCc1ccc(NC(=O)CSc2nnc(CNC(=O)Cc3ccccc3)n2CC)cc1. The van der Waals surface area contributed by atoms with Crippen LogP contribution in [-0.4, -0.2) is 32.3 Å².